The average molecular weight is 249 g/mol. The molecule has 0 saturated heterocycles. The van der Waals surface area contributed by atoms with Crippen molar-refractivity contribution in [1.29, 1.82) is 0 Å². The van der Waals surface area contributed by atoms with Crippen molar-refractivity contribution in [3.63, 3.8) is 0 Å². The number of carbonyl (C=O) groups is 3. The highest BCUT2D eigenvalue weighted by Gasteiger charge is 2.18. The van der Waals surface area contributed by atoms with Crippen molar-refractivity contribution in [3.05, 3.63) is 0 Å². The minimum absolute atomic E-state index is 0.0181. The van der Waals surface area contributed by atoms with E-state index in [-0.39, 0.29) is 19.4 Å². The third-order valence-corrected chi connectivity index (χ3v) is 1.48. The Hall–Kier alpha value is -1.67. The Bertz CT molecular complexity index is 255. The Balaban J connectivity index is 0. The molecular formula is C9H19N3O5. The monoisotopic (exact) mass is 249 g/mol. The molecule has 0 fully saturated rings. The zero-order chi connectivity index (χ0) is 13.8. The largest absolute Gasteiger partial charge is 0.480 e. The summed E-state index contributed by atoms with van der Waals surface area (Å²) in [4.78, 5) is 31.3. The van der Waals surface area contributed by atoms with Crippen molar-refractivity contribution in [2.45, 2.75) is 25.8 Å². The van der Waals surface area contributed by atoms with Gasteiger partial charge in [0.1, 0.15) is 6.04 Å². The Morgan fingerprint density at radius 1 is 1.35 bits per heavy atom. The summed E-state index contributed by atoms with van der Waals surface area (Å²) < 4.78 is 0. The number of carbonyl (C=O) groups excluding carboxylic acids is 2. The van der Waals surface area contributed by atoms with E-state index in [2.05, 4.69) is 5.32 Å². The molecule has 8 heteroatoms. The van der Waals surface area contributed by atoms with E-state index in [1.54, 1.807) is 0 Å². The topological polar surface area (TPSA) is 156 Å². The Morgan fingerprint density at radius 2 is 1.82 bits per heavy atom. The number of aliphatic hydroxyl groups excluding tert-OH is 1. The first-order valence-electron chi connectivity index (χ1n) is 4.94. The van der Waals surface area contributed by atoms with Crippen LogP contribution in [-0.2, 0) is 14.4 Å². The van der Waals surface area contributed by atoms with Crippen LogP contribution < -0.4 is 16.8 Å². The molecule has 0 aromatic heterocycles. The van der Waals surface area contributed by atoms with E-state index in [0.29, 0.717) is 6.54 Å². The molecule has 17 heavy (non-hydrogen) atoms. The summed E-state index contributed by atoms with van der Waals surface area (Å²) in [6.45, 7) is 1.68. The fourth-order valence-corrected chi connectivity index (χ4v) is 0.789. The number of carboxylic acid groups (broad SMARTS) is 1. The molecule has 100 valence electrons. The van der Waals surface area contributed by atoms with Crippen molar-refractivity contribution in [1.82, 2.24) is 5.32 Å². The lowest BCUT2D eigenvalue weighted by Gasteiger charge is -2.11. The number of aliphatic carboxylic acids is 1. The summed E-state index contributed by atoms with van der Waals surface area (Å²) in [6, 6.07) is -1.04. The Morgan fingerprint density at radius 3 is 2.06 bits per heavy atom. The second-order valence-electron chi connectivity index (χ2n) is 3.11. The second kappa shape index (κ2) is 10.8. The first-order chi connectivity index (χ1) is 7.84. The maximum atomic E-state index is 10.5. The fraction of sp³-hybridized carbons (Fsp3) is 0.667. The van der Waals surface area contributed by atoms with Gasteiger partial charge in [0.2, 0.25) is 11.8 Å². The van der Waals surface area contributed by atoms with Gasteiger partial charge in [-0.25, -0.2) is 4.79 Å². The summed E-state index contributed by atoms with van der Waals surface area (Å²) in [5.41, 5.74) is 9.60. The van der Waals surface area contributed by atoms with Crippen molar-refractivity contribution >= 4 is 17.8 Å². The molecule has 0 aliphatic heterocycles. The van der Waals surface area contributed by atoms with E-state index in [4.69, 9.17) is 21.7 Å². The van der Waals surface area contributed by atoms with Crippen LogP contribution in [0.4, 0.5) is 0 Å². The quantitative estimate of drug-likeness (QED) is 0.359. The maximum Gasteiger partial charge on any atom is 0.326 e. The van der Waals surface area contributed by atoms with Gasteiger partial charge in [0.05, 0.1) is 6.61 Å². The number of hydrogen-bond donors (Lipinski definition) is 5. The number of hydrogen-bond acceptors (Lipinski definition) is 5. The van der Waals surface area contributed by atoms with Crippen molar-refractivity contribution in [2.24, 2.45) is 11.5 Å². The van der Waals surface area contributed by atoms with E-state index in [9.17, 15) is 14.4 Å². The molecule has 0 aromatic rings. The molecule has 0 rings (SSSR count). The lowest BCUT2D eigenvalue weighted by molar-refractivity contribution is -0.141. The second-order valence-corrected chi connectivity index (χ2v) is 3.11. The van der Waals surface area contributed by atoms with Gasteiger partial charge in [-0.1, -0.05) is 0 Å². The molecule has 1 atom stereocenters. The zero-order valence-corrected chi connectivity index (χ0v) is 9.68. The van der Waals surface area contributed by atoms with Gasteiger partial charge in [-0.05, 0) is 6.42 Å². The zero-order valence-electron chi connectivity index (χ0n) is 9.68. The maximum absolute atomic E-state index is 10.5. The van der Waals surface area contributed by atoms with Gasteiger partial charge >= 0.3 is 5.97 Å². The third-order valence-electron chi connectivity index (χ3n) is 1.48. The molecule has 0 spiro atoms. The van der Waals surface area contributed by atoms with E-state index >= 15 is 0 Å². The fourth-order valence-electron chi connectivity index (χ4n) is 0.789. The highest BCUT2D eigenvalue weighted by atomic mass is 16.4. The highest BCUT2D eigenvalue weighted by molar-refractivity contribution is 5.83. The van der Waals surface area contributed by atoms with Crippen LogP contribution in [0.1, 0.15) is 19.8 Å². The van der Waals surface area contributed by atoms with Crippen molar-refractivity contribution in [2.75, 3.05) is 13.2 Å². The predicted octanol–water partition coefficient (Wildman–Crippen LogP) is -2.22. The molecule has 0 aliphatic rings. The molecule has 0 aliphatic carbocycles. The normalized spacial score (nSPS) is 10.8. The molecule has 7 N–H and O–H groups in total. The first kappa shape index (κ1) is 17.7. The van der Waals surface area contributed by atoms with Gasteiger partial charge < -0.3 is 27.0 Å². The molecular weight excluding hydrogens is 230 g/mol. The van der Waals surface area contributed by atoms with E-state index in [0.717, 1.165) is 0 Å². The van der Waals surface area contributed by atoms with Crippen LogP contribution >= 0.6 is 0 Å². The van der Waals surface area contributed by atoms with Crippen LogP contribution in [0.15, 0.2) is 0 Å². The van der Waals surface area contributed by atoms with Gasteiger partial charge in [-0.3, -0.25) is 9.59 Å². The Kier molecular flexibility index (Phi) is 11.3. The number of primary amides is 1. The molecule has 8 nitrogen and oxygen atoms in total. The number of carboxylic acids is 1. The standard InChI is InChI=1S/C7H12N2O4.C2H7NO/c1-4(10)9-5(7(12)13)2-3-6(8)11;3-1-2-4/h5H,2-3H2,1H3,(H2,8,11)(H,9,10)(H,12,13);4H,1-3H2/t5-;/m0./s1. The van der Waals surface area contributed by atoms with Crippen molar-refractivity contribution < 1.29 is 24.6 Å². The van der Waals surface area contributed by atoms with Gasteiger partial charge in [-0.2, -0.15) is 0 Å². The van der Waals surface area contributed by atoms with Crippen LogP contribution in [0.3, 0.4) is 0 Å². The first-order valence-corrected chi connectivity index (χ1v) is 4.94. The summed E-state index contributed by atoms with van der Waals surface area (Å²) in [5.74, 6) is -2.20. The molecule has 0 unspecified atom stereocenters. The van der Waals surface area contributed by atoms with Gasteiger partial charge in [-0.15, -0.1) is 0 Å². The van der Waals surface area contributed by atoms with Gasteiger partial charge in [0, 0.05) is 19.9 Å². The molecule has 2 amide bonds. The molecule has 0 aromatic carbocycles. The Labute approximate surface area is 99.0 Å². The number of amides is 2. The van der Waals surface area contributed by atoms with Crippen LogP contribution in [0, 0.1) is 0 Å². The van der Waals surface area contributed by atoms with Gasteiger partial charge in [0.15, 0.2) is 0 Å². The minimum Gasteiger partial charge on any atom is -0.480 e. The summed E-state index contributed by atoms with van der Waals surface area (Å²) in [5, 5.41) is 18.5. The molecule has 0 heterocycles. The smallest absolute Gasteiger partial charge is 0.326 e. The summed E-state index contributed by atoms with van der Waals surface area (Å²) in [7, 11) is 0. The van der Waals surface area contributed by atoms with Gasteiger partial charge in [0.25, 0.3) is 0 Å². The lowest BCUT2D eigenvalue weighted by atomic mass is 10.1. The number of nitrogens with two attached hydrogens (primary N) is 2. The molecule has 0 radical (unpaired) electrons. The van der Waals surface area contributed by atoms with Crippen LogP contribution in [-0.4, -0.2) is 47.2 Å². The highest BCUT2D eigenvalue weighted by Crippen LogP contribution is 1.96. The SMILES string of the molecule is CC(=O)N[C@@H](CCC(N)=O)C(=O)O.NCCO. The van der Waals surface area contributed by atoms with E-state index in [1.165, 1.54) is 6.92 Å². The summed E-state index contributed by atoms with van der Waals surface area (Å²) in [6.07, 6.45) is -0.0402. The van der Waals surface area contributed by atoms with E-state index in [1.807, 2.05) is 0 Å². The molecule has 0 bridgehead atoms. The summed E-state index contributed by atoms with van der Waals surface area (Å²) >= 11 is 0. The van der Waals surface area contributed by atoms with Crippen LogP contribution in [0.2, 0.25) is 0 Å². The number of rotatable bonds is 6. The van der Waals surface area contributed by atoms with E-state index < -0.39 is 23.8 Å². The molecule has 0 saturated carbocycles. The van der Waals surface area contributed by atoms with Crippen LogP contribution in [0.25, 0.3) is 0 Å². The number of nitrogens with one attached hydrogen (secondary N) is 1. The third kappa shape index (κ3) is 14.3. The lowest BCUT2D eigenvalue weighted by Crippen LogP contribution is -2.40. The van der Waals surface area contributed by atoms with Crippen molar-refractivity contribution in [3.8, 4) is 0 Å². The minimum atomic E-state index is -1.17. The van der Waals surface area contributed by atoms with Crippen LogP contribution in [0.5, 0.6) is 0 Å². The predicted molar refractivity (Wildman–Crippen MR) is 59.8 cm³/mol. The average Bonchev–Trinajstić information content (AvgIpc) is 2.23. The number of aliphatic hydroxyl groups is 1.